The highest BCUT2D eigenvalue weighted by Gasteiger charge is 2.35. The van der Waals surface area contributed by atoms with Crippen molar-refractivity contribution in [3.8, 4) is 5.75 Å². The van der Waals surface area contributed by atoms with E-state index in [2.05, 4.69) is 49.3 Å². The molecule has 5 rings (SSSR count). The molecule has 0 bridgehead atoms. The van der Waals surface area contributed by atoms with Crippen LogP contribution in [0.3, 0.4) is 0 Å². The highest BCUT2D eigenvalue weighted by atomic mass is 19.4. The summed E-state index contributed by atoms with van der Waals surface area (Å²) in [5, 5.41) is 8.28. The monoisotopic (exact) mass is 539 g/mol. The number of hydrogen-bond donors (Lipinski definition) is 3. The van der Waals surface area contributed by atoms with Crippen molar-refractivity contribution in [2.45, 2.75) is 18.6 Å². The van der Waals surface area contributed by atoms with Gasteiger partial charge in [0.25, 0.3) is 0 Å². The average molecular weight is 540 g/mol. The van der Waals surface area contributed by atoms with Crippen LogP contribution in [0.15, 0.2) is 61.3 Å². The van der Waals surface area contributed by atoms with Crippen LogP contribution in [-0.4, -0.2) is 60.1 Å². The van der Waals surface area contributed by atoms with Gasteiger partial charge in [0.1, 0.15) is 17.1 Å². The van der Waals surface area contributed by atoms with Crippen LogP contribution in [0.4, 0.5) is 47.7 Å². The van der Waals surface area contributed by atoms with E-state index >= 15 is 0 Å². The lowest BCUT2D eigenvalue weighted by Gasteiger charge is -2.40. The zero-order valence-electron chi connectivity index (χ0n) is 21.3. The Balaban J connectivity index is 1.40. The summed E-state index contributed by atoms with van der Waals surface area (Å²) in [6.45, 7) is 6.76. The maximum Gasteiger partial charge on any atom is 0.421 e. The Kier molecular flexibility index (Phi) is 7.29. The van der Waals surface area contributed by atoms with Gasteiger partial charge in [-0.25, -0.2) is 4.98 Å². The normalized spacial score (nSPS) is 17.2. The van der Waals surface area contributed by atoms with Gasteiger partial charge in [0.15, 0.2) is 0 Å². The number of carbonyl (C=O) groups is 1. The SMILES string of the molecule is C=CC(=O)Nc1cccc(Nc2nc(Nc3ccc4c(c3)OCC[C@@H]3CN(C)CCN43)ncc2C(F)(F)F)c1. The Hall–Kier alpha value is -4.32. The third-order valence-electron chi connectivity index (χ3n) is 6.59. The molecule has 0 spiro atoms. The molecular formula is C27H28F3N7O2. The number of hydrogen-bond acceptors (Lipinski definition) is 8. The van der Waals surface area contributed by atoms with Gasteiger partial charge >= 0.3 is 6.18 Å². The average Bonchev–Trinajstić information content (AvgIpc) is 3.06. The first-order valence-electron chi connectivity index (χ1n) is 12.4. The number of ether oxygens (including phenoxy) is 1. The molecule has 1 saturated heterocycles. The molecule has 3 aromatic rings. The van der Waals surface area contributed by atoms with Crippen LogP contribution in [0, 0.1) is 0 Å². The number of piperazine rings is 1. The standard InChI is InChI=1S/C27H28F3N7O2/c1-3-24(38)32-17-5-4-6-18(13-17)33-25-21(27(28,29)30)15-31-26(35-25)34-19-7-8-22-23(14-19)39-12-9-20-16-36(2)10-11-37(20)22/h3-8,13-15,20H,1,9-12,16H2,2H3,(H,32,38)(H2,31,33,34,35)/t20-/m1/s1. The number of nitrogens with zero attached hydrogens (tertiary/aromatic N) is 4. The quantitative estimate of drug-likeness (QED) is 0.377. The van der Waals surface area contributed by atoms with Gasteiger partial charge in [-0.2, -0.15) is 18.2 Å². The maximum absolute atomic E-state index is 13.8. The van der Waals surface area contributed by atoms with Crippen LogP contribution in [0.5, 0.6) is 5.75 Å². The number of benzene rings is 2. The minimum absolute atomic E-state index is 0.0207. The Morgan fingerprint density at radius 3 is 2.72 bits per heavy atom. The minimum atomic E-state index is -4.69. The molecule has 204 valence electrons. The zero-order valence-corrected chi connectivity index (χ0v) is 21.3. The Morgan fingerprint density at radius 1 is 1.13 bits per heavy atom. The number of aromatic nitrogens is 2. The largest absolute Gasteiger partial charge is 0.491 e. The van der Waals surface area contributed by atoms with Crippen LogP contribution >= 0.6 is 0 Å². The van der Waals surface area contributed by atoms with Crippen LogP contribution in [-0.2, 0) is 11.0 Å². The van der Waals surface area contributed by atoms with Crippen molar-refractivity contribution < 1.29 is 22.7 Å². The van der Waals surface area contributed by atoms with E-state index < -0.39 is 23.5 Å². The van der Waals surface area contributed by atoms with Gasteiger partial charge in [-0.1, -0.05) is 12.6 Å². The molecule has 2 aliphatic rings. The number of anilines is 6. The lowest BCUT2D eigenvalue weighted by molar-refractivity contribution is -0.137. The number of rotatable bonds is 6. The van der Waals surface area contributed by atoms with Crippen molar-refractivity contribution in [1.29, 1.82) is 0 Å². The van der Waals surface area contributed by atoms with Gasteiger partial charge in [-0.3, -0.25) is 4.79 Å². The van der Waals surface area contributed by atoms with Crippen LogP contribution in [0.25, 0.3) is 0 Å². The third kappa shape index (κ3) is 6.06. The zero-order chi connectivity index (χ0) is 27.6. The number of carbonyl (C=O) groups excluding carboxylic acids is 1. The Bertz CT molecular complexity index is 1380. The topological polar surface area (TPSA) is 94.6 Å². The second-order valence-electron chi connectivity index (χ2n) is 9.41. The minimum Gasteiger partial charge on any atom is -0.491 e. The summed E-state index contributed by atoms with van der Waals surface area (Å²) in [4.78, 5) is 24.3. The molecular weight excluding hydrogens is 511 g/mol. The van der Waals surface area contributed by atoms with E-state index in [1.54, 1.807) is 18.2 Å². The molecule has 1 aromatic heterocycles. The van der Waals surface area contributed by atoms with Crippen LogP contribution in [0.2, 0.25) is 0 Å². The number of fused-ring (bicyclic) bond motifs is 3. The van der Waals surface area contributed by atoms with Crippen LogP contribution in [0.1, 0.15) is 12.0 Å². The van der Waals surface area contributed by atoms with E-state index in [4.69, 9.17) is 4.74 Å². The molecule has 0 aliphatic carbocycles. The summed E-state index contributed by atoms with van der Waals surface area (Å²) >= 11 is 0. The molecule has 1 fully saturated rings. The first-order chi connectivity index (χ1) is 18.7. The van der Waals surface area contributed by atoms with Gasteiger partial charge in [0.2, 0.25) is 11.9 Å². The molecule has 3 heterocycles. The molecule has 0 saturated carbocycles. The van der Waals surface area contributed by atoms with Gasteiger partial charge in [0, 0.05) is 61.4 Å². The number of nitrogens with one attached hydrogen (secondary N) is 3. The highest BCUT2D eigenvalue weighted by Crippen LogP contribution is 2.38. The molecule has 1 atom stereocenters. The summed E-state index contributed by atoms with van der Waals surface area (Å²) < 4.78 is 47.3. The van der Waals surface area contributed by atoms with Crippen molar-refractivity contribution in [2.24, 2.45) is 0 Å². The summed E-state index contributed by atoms with van der Waals surface area (Å²) in [6.07, 6.45) is -1.96. The Labute approximate surface area is 223 Å². The van der Waals surface area contributed by atoms with E-state index in [1.807, 2.05) is 18.2 Å². The third-order valence-corrected chi connectivity index (χ3v) is 6.59. The number of alkyl halides is 3. The smallest absolute Gasteiger partial charge is 0.421 e. The predicted molar refractivity (Wildman–Crippen MR) is 144 cm³/mol. The number of likely N-dealkylation sites (N-methyl/N-ethyl adjacent to an activating group) is 1. The second-order valence-corrected chi connectivity index (χ2v) is 9.41. The van der Waals surface area contributed by atoms with Crippen molar-refractivity contribution in [3.63, 3.8) is 0 Å². The summed E-state index contributed by atoms with van der Waals surface area (Å²) in [7, 11) is 2.11. The molecule has 1 amide bonds. The highest BCUT2D eigenvalue weighted by molar-refractivity contribution is 5.99. The molecule has 2 aliphatic heterocycles. The van der Waals surface area contributed by atoms with Crippen molar-refractivity contribution in [3.05, 3.63) is 66.9 Å². The fourth-order valence-electron chi connectivity index (χ4n) is 4.70. The van der Waals surface area contributed by atoms with E-state index in [0.29, 0.717) is 35.5 Å². The summed E-state index contributed by atoms with van der Waals surface area (Å²) in [5.41, 5.74) is 1.24. The second kappa shape index (κ2) is 10.8. The molecule has 9 nitrogen and oxygen atoms in total. The van der Waals surface area contributed by atoms with Crippen molar-refractivity contribution in [1.82, 2.24) is 14.9 Å². The number of amides is 1. The Morgan fingerprint density at radius 2 is 1.92 bits per heavy atom. The molecule has 0 radical (unpaired) electrons. The molecule has 3 N–H and O–H groups in total. The molecule has 39 heavy (non-hydrogen) atoms. The lowest BCUT2D eigenvalue weighted by Crippen LogP contribution is -2.51. The predicted octanol–water partition coefficient (Wildman–Crippen LogP) is 5.01. The van der Waals surface area contributed by atoms with Gasteiger partial charge in [-0.15, -0.1) is 0 Å². The first kappa shape index (κ1) is 26.3. The van der Waals surface area contributed by atoms with Gasteiger partial charge < -0.3 is 30.5 Å². The molecule has 0 unspecified atom stereocenters. The molecule has 2 aromatic carbocycles. The first-order valence-corrected chi connectivity index (χ1v) is 12.4. The van der Waals surface area contributed by atoms with Crippen molar-refractivity contribution >= 4 is 40.4 Å². The van der Waals surface area contributed by atoms with Gasteiger partial charge in [0.05, 0.1) is 12.3 Å². The van der Waals surface area contributed by atoms with Gasteiger partial charge in [-0.05, 0) is 43.5 Å². The van der Waals surface area contributed by atoms with Crippen molar-refractivity contribution in [2.75, 3.05) is 54.1 Å². The number of halogens is 3. The van der Waals surface area contributed by atoms with Crippen LogP contribution < -0.4 is 25.6 Å². The fraction of sp³-hybridized carbons (Fsp3) is 0.296. The fourth-order valence-corrected chi connectivity index (χ4v) is 4.70. The van der Waals surface area contributed by atoms with E-state index in [0.717, 1.165) is 44.0 Å². The maximum atomic E-state index is 13.8. The summed E-state index contributed by atoms with van der Waals surface area (Å²) in [5.74, 6) is -0.189. The molecule has 12 heteroatoms. The van der Waals surface area contributed by atoms with E-state index in [9.17, 15) is 18.0 Å². The van der Waals surface area contributed by atoms with E-state index in [1.165, 1.54) is 6.07 Å². The lowest BCUT2D eigenvalue weighted by atomic mass is 10.1. The van der Waals surface area contributed by atoms with E-state index in [-0.39, 0.29) is 5.95 Å². The summed E-state index contributed by atoms with van der Waals surface area (Å²) in [6, 6.07) is 12.2.